The van der Waals surface area contributed by atoms with Crippen LogP contribution in [0, 0.1) is 0 Å². The number of nitrogens with one attached hydrogen (secondary N) is 1. The van der Waals surface area contributed by atoms with Gasteiger partial charge in [-0.1, -0.05) is 15.9 Å². The second-order valence-corrected chi connectivity index (χ2v) is 7.92. The summed E-state index contributed by atoms with van der Waals surface area (Å²) in [6, 6.07) is 0. The van der Waals surface area contributed by atoms with Crippen molar-refractivity contribution in [1.29, 1.82) is 0 Å². The topological polar surface area (TPSA) is 156 Å². The number of aromatic amines is 1. The first-order valence-corrected chi connectivity index (χ1v) is 8.91. The van der Waals surface area contributed by atoms with Gasteiger partial charge in [-0.3, -0.25) is 14.3 Å². The molecule has 3 atom stereocenters. The number of nitrogen functional groups attached to an aromatic ring is 1. The monoisotopic (exact) mass is 393 g/mol. The Morgan fingerprint density at radius 1 is 1.59 bits per heavy atom. The molecular weight excluding hydrogens is 381 g/mol. The first-order valence-electron chi connectivity index (χ1n) is 6.31. The van der Waals surface area contributed by atoms with Gasteiger partial charge in [0.25, 0.3) is 5.56 Å². The van der Waals surface area contributed by atoms with E-state index in [2.05, 4.69) is 30.9 Å². The molecule has 0 amide bonds. The molecule has 3 heterocycles. The average molecular weight is 394 g/mol. The lowest BCUT2D eigenvalue weighted by Gasteiger charge is -2.16. The summed E-state index contributed by atoms with van der Waals surface area (Å²) in [7, 11) is -4.31. The molecule has 0 unspecified atom stereocenters. The largest absolute Gasteiger partial charge is 0.369 e. The molecule has 22 heavy (non-hydrogen) atoms. The van der Waals surface area contributed by atoms with Gasteiger partial charge in [0.2, 0.25) is 5.95 Å². The van der Waals surface area contributed by atoms with E-state index in [4.69, 9.17) is 10.5 Å². The van der Waals surface area contributed by atoms with Crippen LogP contribution in [-0.2, 0) is 15.8 Å². The van der Waals surface area contributed by atoms with E-state index < -0.39 is 25.1 Å². The molecule has 12 heteroatoms. The molecule has 2 aromatic rings. The molecule has 0 bridgehead atoms. The van der Waals surface area contributed by atoms with Gasteiger partial charge in [-0.2, -0.15) is 4.98 Å². The molecule has 0 aromatic carbocycles. The number of aromatic nitrogens is 4. The van der Waals surface area contributed by atoms with E-state index >= 15 is 0 Å². The number of H-pyrrole nitrogens is 1. The Morgan fingerprint density at radius 3 is 2.95 bits per heavy atom. The molecule has 0 spiro atoms. The second-order valence-electron chi connectivity index (χ2n) is 4.99. The number of ether oxygens (including phenoxy) is 1. The average Bonchev–Trinajstić information content (AvgIpc) is 2.95. The van der Waals surface area contributed by atoms with Gasteiger partial charge in [-0.25, -0.2) is 4.98 Å². The summed E-state index contributed by atoms with van der Waals surface area (Å²) >= 11 is 3.36. The van der Waals surface area contributed by atoms with Gasteiger partial charge < -0.3 is 24.8 Å². The molecule has 0 saturated carbocycles. The predicted octanol–water partition coefficient (Wildman–Crippen LogP) is -0.242. The Balaban J connectivity index is 1.88. The number of hydrogen-bond acceptors (Lipinski definition) is 6. The normalized spacial score (nSPS) is 25.9. The van der Waals surface area contributed by atoms with E-state index in [9.17, 15) is 19.1 Å². The molecule has 5 N–H and O–H groups in total. The van der Waals surface area contributed by atoms with Gasteiger partial charge in [0.1, 0.15) is 0 Å². The number of anilines is 1. The Bertz CT molecular complexity index is 816. The molecule has 10 nitrogen and oxygen atoms in total. The van der Waals surface area contributed by atoms with Crippen LogP contribution in [0.5, 0.6) is 0 Å². The van der Waals surface area contributed by atoms with Crippen LogP contribution in [0.3, 0.4) is 0 Å². The molecule has 1 fully saturated rings. The summed E-state index contributed by atoms with van der Waals surface area (Å²) in [5.74, 6) is -1.17. The lowest BCUT2D eigenvalue weighted by atomic mass is 10.2. The maximum absolute atomic E-state index is 11.7. The number of rotatable bonds is 3. The van der Waals surface area contributed by atoms with Crippen molar-refractivity contribution in [3.05, 3.63) is 16.7 Å². The molecule has 0 aliphatic carbocycles. The third kappa shape index (κ3) is 2.82. The number of fused-ring (bicyclic) bond motifs is 1. The minimum Gasteiger partial charge on any atom is -0.369 e. The zero-order chi connectivity index (χ0) is 16.1. The Hall–Kier alpha value is -1.26. The molecule has 2 aromatic heterocycles. The van der Waals surface area contributed by atoms with Crippen LogP contribution in [-0.4, -0.2) is 46.1 Å². The van der Waals surface area contributed by atoms with E-state index in [0.717, 1.165) is 0 Å². The van der Waals surface area contributed by atoms with Crippen LogP contribution < -0.4 is 11.3 Å². The predicted molar refractivity (Wildman–Crippen MR) is 80.6 cm³/mol. The molecule has 1 aliphatic heterocycles. The number of imidazole rings is 1. The first kappa shape index (κ1) is 15.6. The van der Waals surface area contributed by atoms with Crippen LogP contribution in [0.15, 0.2) is 11.1 Å². The van der Waals surface area contributed by atoms with Crippen molar-refractivity contribution < 1.29 is 19.1 Å². The Labute approximate surface area is 132 Å². The van der Waals surface area contributed by atoms with Crippen LogP contribution in [0.25, 0.3) is 11.2 Å². The number of alkyl halides is 1. The maximum atomic E-state index is 11.7. The van der Waals surface area contributed by atoms with Crippen molar-refractivity contribution in [2.45, 2.75) is 29.7 Å². The zero-order valence-corrected chi connectivity index (χ0v) is 13.6. The van der Waals surface area contributed by atoms with Crippen LogP contribution >= 0.6 is 23.5 Å². The third-order valence-corrected chi connectivity index (χ3v) is 5.45. The van der Waals surface area contributed by atoms with Gasteiger partial charge in [0.15, 0.2) is 17.0 Å². The summed E-state index contributed by atoms with van der Waals surface area (Å²) in [6.07, 6.45) is 1.12. The van der Waals surface area contributed by atoms with Gasteiger partial charge in [0.05, 0.1) is 19.0 Å². The molecule has 0 radical (unpaired) electrons. The first-order chi connectivity index (χ1) is 10.3. The number of halogens is 1. The lowest BCUT2D eigenvalue weighted by molar-refractivity contribution is 0.0639. The smallest absolute Gasteiger partial charge is 0.354 e. The van der Waals surface area contributed by atoms with E-state index in [1.54, 1.807) is 4.57 Å². The van der Waals surface area contributed by atoms with E-state index in [1.807, 2.05) is 0 Å². The molecule has 1 saturated heterocycles. The number of nitrogens with two attached hydrogens (primary N) is 1. The van der Waals surface area contributed by atoms with Crippen LogP contribution in [0.4, 0.5) is 5.95 Å². The lowest BCUT2D eigenvalue weighted by Crippen LogP contribution is -2.23. The third-order valence-electron chi connectivity index (χ3n) is 3.41. The van der Waals surface area contributed by atoms with Gasteiger partial charge in [-0.05, 0) is 0 Å². The number of nitrogens with zero attached hydrogens (tertiary/aromatic N) is 3. The van der Waals surface area contributed by atoms with E-state index in [-0.39, 0.29) is 29.3 Å². The van der Waals surface area contributed by atoms with Gasteiger partial charge >= 0.3 is 7.60 Å². The van der Waals surface area contributed by atoms with Crippen LogP contribution in [0.1, 0.15) is 6.42 Å². The fourth-order valence-electron chi connectivity index (χ4n) is 2.36. The Kier molecular flexibility index (Phi) is 3.86. The summed E-state index contributed by atoms with van der Waals surface area (Å²) in [5, 5.41) is 0. The zero-order valence-electron chi connectivity index (χ0n) is 11.1. The van der Waals surface area contributed by atoms with Gasteiger partial charge in [-0.15, -0.1) is 0 Å². The standard InChI is InChI=1S/C10H13BrN5O5P/c11-4-1-6(22(18,19)20)21-5(4)2-16-3-13-7-8(16)14-10(12)15-9(7)17/h3-6H,1-2H2,(H2,18,19,20)(H3,12,14,15,17)/t4-,5+,6-/m0/s1. The highest BCUT2D eigenvalue weighted by Gasteiger charge is 2.43. The molecule has 120 valence electrons. The molecule has 3 rings (SSSR count). The fourth-order valence-corrected chi connectivity index (χ4v) is 4.10. The van der Waals surface area contributed by atoms with Crippen molar-refractivity contribution in [3.63, 3.8) is 0 Å². The van der Waals surface area contributed by atoms with E-state index in [1.165, 1.54) is 6.33 Å². The van der Waals surface area contributed by atoms with Crippen LogP contribution in [0.2, 0.25) is 0 Å². The van der Waals surface area contributed by atoms with Crippen molar-refractivity contribution >= 4 is 40.6 Å². The summed E-state index contributed by atoms with van der Waals surface area (Å²) in [5.41, 5.74) is 5.51. The number of hydrogen-bond donors (Lipinski definition) is 4. The molecule has 1 aliphatic rings. The summed E-state index contributed by atoms with van der Waals surface area (Å²) in [6.45, 7) is 0.235. The quantitative estimate of drug-likeness (QED) is 0.410. The minimum atomic E-state index is -4.31. The van der Waals surface area contributed by atoms with Crippen molar-refractivity contribution in [2.24, 2.45) is 0 Å². The second kappa shape index (κ2) is 5.43. The molecular formula is C10H13BrN5O5P. The SMILES string of the molecule is Nc1nc2c(ncn2C[C@H]2O[C@@H](P(=O)(O)O)C[C@@H]2Br)c(=O)[nH]1. The van der Waals surface area contributed by atoms with Gasteiger partial charge in [0, 0.05) is 11.2 Å². The minimum absolute atomic E-state index is 0.0323. The fraction of sp³-hybridized carbons (Fsp3) is 0.500. The Morgan fingerprint density at radius 2 is 2.32 bits per heavy atom. The van der Waals surface area contributed by atoms with Crippen molar-refractivity contribution in [3.8, 4) is 0 Å². The maximum Gasteiger partial charge on any atom is 0.354 e. The van der Waals surface area contributed by atoms with Crippen molar-refractivity contribution in [2.75, 3.05) is 5.73 Å². The highest BCUT2D eigenvalue weighted by atomic mass is 79.9. The van der Waals surface area contributed by atoms with E-state index in [0.29, 0.717) is 5.65 Å². The summed E-state index contributed by atoms with van der Waals surface area (Å²) < 4.78 is 18.3. The summed E-state index contributed by atoms with van der Waals surface area (Å²) in [4.78, 5) is 40.2. The highest BCUT2D eigenvalue weighted by Crippen LogP contribution is 2.49. The van der Waals surface area contributed by atoms with Crippen molar-refractivity contribution in [1.82, 2.24) is 19.5 Å². The highest BCUT2D eigenvalue weighted by molar-refractivity contribution is 9.09.